The van der Waals surface area contributed by atoms with Crippen LogP contribution in [0.15, 0.2) is 199 Å². The number of benzene rings is 7. The van der Waals surface area contributed by atoms with Crippen LogP contribution in [0.2, 0.25) is 0 Å². The third-order valence-corrected chi connectivity index (χ3v) is 10.8. The summed E-state index contributed by atoms with van der Waals surface area (Å²) in [6.45, 7) is 2.53. The van der Waals surface area contributed by atoms with E-state index in [1.165, 1.54) is 54.8 Å². The molecule has 0 spiro atoms. The maximum atomic E-state index is 5.58. The highest BCUT2D eigenvalue weighted by atomic mass is 15.0. The van der Waals surface area contributed by atoms with Gasteiger partial charge in [0.1, 0.15) is 5.84 Å². The van der Waals surface area contributed by atoms with Crippen LogP contribution in [0.4, 0.5) is 0 Å². The minimum absolute atomic E-state index is 0.124. The molecule has 0 aliphatic heterocycles. The van der Waals surface area contributed by atoms with E-state index in [-0.39, 0.29) is 12.7 Å². The van der Waals surface area contributed by atoms with E-state index in [0.29, 0.717) is 5.84 Å². The summed E-state index contributed by atoms with van der Waals surface area (Å²) in [5.41, 5.74) is 23.4. The van der Waals surface area contributed by atoms with Gasteiger partial charge in [0.25, 0.3) is 0 Å². The normalized spacial score (nSPS) is 12.2. The minimum atomic E-state index is 0.124. The second-order valence-corrected chi connectivity index (χ2v) is 14.1. The van der Waals surface area contributed by atoms with Gasteiger partial charge in [0.2, 0.25) is 0 Å². The molecule has 7 aromatic carbocycles. The fraction of sp³-hybridized carbons (Fsp3) is 0.0588. The molecule has 0 aliphatic carbocycles. The molecule has 276 valence electrons. The average molecular weight is 739 g/mol. The lowest BCUT2D eigenvalue weighted by atomic mass is 10.0. The highest BCUT2D eigenvalue weighted by molar-refractivity contribution is 6.14. The Bertz CT molecular complexity index is 3000. The SMILES string of the molecule is CC(c1ccccc1)n1c2cnc(-c3ccc4c(c3)c3ccccc3n4-c3ccccc3)cc2c2cccc(-c3ccccc3)c21.NC/N=C(\N)c1ccccc1. The molecule has 1 unspecified atom stereocenters. The summed E-state index contributed by atoms with van der Waals surface area (Å²) < 4.78 is 4.84. The van der Waals surface area contributed by atoms with E-state index >= 15 is 0 Å². The van der Waals surface area contributed by atoms with Crippen molar-refractivity contribution in [3.63, 3.8) is 0 Å². The molecule has 1 atom stereocenters. The number of para-hydroxylation sites is 3. The number of hydrogen-bond donors (Lipinski definition) is 2. The highest BCUT2D eigenvalue weighted by Crippen LogP contribution is 2.41. The Morgan fingerprint density at radius 3 is 1.93 bits per heavy atom. The summed E-state index contributed by atoms with van der Waals surface area (Å²) in [7, 11) is 0. The summed E-state index contributed by atoms with van der Waals surface area (Å²) in [6, 6.07) is 66.2. The van der Waals surface area contributed by atoms with Crippen LogP contribution in [0.5, 0.6) is 0 Å². The lowest BCUT2D eigenvalue weighted by Gasteiger charge is -2.19. The van der Waals surface area contributed by atoms with Crippen molar-refractivity contribution in [2.24, 2.45) is 16.5 Å². The van der Waals surface area contributed by atoms with Crippen molar-refractivity contribution in [3.8, 4) is 28.1 Å². The largest absolute Gasteiger partial charge is 0.383 e. The van der Waals surface area contributed by atoms with Crippen LogP contribution in [0.1, 0.15) is 24.1 Å². The molecule has 3 heterocycles. The van der Waals surface area contributed by atoms with Gasteiger partial charge >= 0.3 is 0 Å². The number of aromatic nitrogens is 3. The molecular weight excluding hydrogens is 697 g/mol. The Kier molecular flexibility index (Phi) is 9.61. The third kappa shape index (κ3) is 6.62. The summed E-state index contributed by atoms with van der Waals surface area (Å²) >= 11 is 0. The molecule has 10 aromatic rings. The fourth-order valence-electron chi connectivity index (χ4n) is 8.07. The predicted octanol–water partition coefficient (Wildman–Crippen LogP) is 11.5. The summed E-state index contributed by atoms with van der Waals surface area (Å²) in [6.07, 6.45) is 2.08. The summed E-state index contributed by atoms with van der Waals surface area (Å²) in [5.74, 6) is 0.494. The first-order valence-electron chi connectivity index (χ1n) is 19.3. The van der Waals surface area contributed by atoms with Crippen molar-refractivity contribution in [2.45, 2.75) is 13.0 Å². The summed E-state index contributed by atoms with van der Waals surface area (Å²) in [4.78, 5) is 9.00. The van der Waals surface area contributed by atoms with Gasteiger partial charge in [-0.2, -0.15) is 0 Å². The van der Waals surface area contributed by atoms with Crippen molar-refractivity contribution < 1.29 is 0 Å². The number of pyridine rings is 1. The molecule has 57 heavy (non-hydrogen) atoms. The van der Waals surface area contributed by atoms with E-state index in [1.807, 2.05) is 30.3 Å². The molecule has 0 aliphatic rings. The lowest BCUT2D eigenvalue weighted by Crippen LogP contribution is -2.15. The van der Waals surface area contributed by atoms with E-state index in [2.05, 4.69) is 185 Å². The van der Waals surface area contributed by atoms with E-state index in [4.69, 9.17) is 16.5 Å². The zero-order valence-electron chi connectivity index (χ0n) is 31.7. The second-order valence-electron chi connectivity index (χ2n) is 14.1. The van der Waals surface area contributed by atoms with E-state index in [9.17, 15) is 0 Å². The molecule has 0 amide bonds. The van der Waals surface area contributed by atoms with E-state index in [1.54, 1.807) is 0 Å². The van der Waals surface area contributed by atoms with Crippen molar-refractivity contribution in [2.75, 3.05) is 6.67 Å². The number of fused-ring (bicyclic) bond motifs is 6. The molecule has 0 saturated carbocycles. The van der Waals surface area contributed by atoms with Crippen molar-refractivity contribution in [3.05, 3.63) is 205 Å². The van der Waals surface area contributed by atoms with Gasteiger partial charge in [0, 0.05) is 43.9 Å². The lowest BCUT2D eigenvalue weighted by molar-refractivity contribution is 0.685. The highest BCUT2D eigenvalue weighted by Gasteiger charge is 2.21. The van der Waals surface area contributed by atoms with Gasteiger partial charge in [-0.3, -0.25) is 9.98 Å². The van der Waals surface area contributed by atoms with Gasteiger partial charge in [0.05, 0.1) is 46.7 Å². The Morgan fingerprint density at radius 1 is 0.579 bits per heavy atom. The molecule has 0 fully saturated rings. The van der Waals surface area contributed by atoms with Gasteiger partial charge in [-0.1, -0.05) is 152 Å². The van der Waals surface area contributed by atoms with Crippen LogP contribution in [0, 0.1) is 0 Å². The first kappa shape index (κ1) is 35.4. The van der Waals surface area contributed by atoms with Gasteiger partial charge in [-0.25, -0.2) is 0 Å². The zero-order chi connectivity index (χ0) is 38.7. The van der Waals surface area contributed by atoms with Crippen LogP contribution >= 0.6 is 0 Å². The number of nitrogens with zero attached hydrogens (tertiary/aromatic N) is 4. The fourth-order valence-corrected chi connectivity index (χ4v) is 8.07. The number of nitrogens with two attached hydrogens (primary N) is 2. The molecular formula is C51H42N6. The van der Waals surface area contributed by atoms with Gasteiger partial charge in [-0.15, -0.1) is 0 Å². The van der Waals surface area contributed by atoms with Crippen LogP contribution < -0.4 is 11.5 Å². The quantitative estimate of drug-likeness (QED) is 0.126. The van der Waals surface area contributed by atoms with Gasteiger partial charge in [-0.05, 0) is 54.4 Å². The molecule has 0 radical (unpaired) electrons. The smallest absolute Gasteiger partial charge is 0.127 e. The van der Waals surface area contributed by atoms with Crippen molar-refractivity contribution in [1.82, 2.24) is 14.1 Å². The molecule has 6 heteroatoms. The number of amidine groups is 1. The average Bonchev–Trinajstić information content (AvgIpc) is 3.80. The standard InChI is InChI=1S/C43H31N3.C8H11N3/c1-29(30-14-5-2-6-15-30)45-42-28-44-39(27-38(42)36-22-13-21-34(43(36)45)31-16-7-3-8-17-31)32-24-25-41-37(26-32)35-20-11-12-23-40(35)46(41)33-18-9-4-10-19-33;9-6-11-8(10)7-4-2-1-3-5-7/h2-29H,1H3;1-5H,6,9H2,(H2,10,11). The minimum Gasteiger partial charge on any atom is -0.383 e. The Morgan fingerprint density at radius 2 is 1.19 bits per heavy atom. The van der Waals surface area contributed by atoms with Crippen LogP contribution in [-0.4, -0.2) is 26.6 Å². The van der Waals surface area contributed by atoms with E-state index < -0.39 is 0 Å². The van der Waals surface area contributed by atoms with Crippen molar-refractivity contribution >= 4 is 49.4 Å². The monoisotopic (exact) mass is 738 g/mol. The van der Waals surface area contributed by atoms with Crippen molar-refractivity contribution in [1.29, 1.82) is 0 Å². The zero-order valence-corrected chi connectivity index (χ0v) is 31.7. The molecule has 0 saturated heterocycles. The molecule has 4 N–H and O–H groups in total. The van der Waals surface area contributed by atoms with Gasteiger partial charge < -0.3 is 20.6 Å². The van der Waals surface area contributed by atoms with Crippen LogP contribution in [0.3, 0.4) is 0 Å². The predicted molar refractivity (Wildman–Crippen MR) is 239 cm³/mol. The maximum absolute atomic E-state index is 5.58. The number of aliphatic imine (C=N–C) groups is 1. The molecule has 6 nitrogen and oxygen atoms in total. The maximum Gasteiger partial charge on any atom is 0.127 e. The van der Waals surface area contributed by atoms with Crippen LogP contribution in [-0.2, 0) is 0 Å². The first-order chi connectivity index (χ1) is 28.1. The Labute approximate surface area is 332 Å². The number of hydrogen-bond acceptors (Lipinski definition) is 3. The molecule has 0 bridgehead atoms. The summed E-state index contributed by atoms with van der Waals surface area (Å²) in [5, 5.41) is 4.92. The Balaban J connectivity index is 0.000000335. The molecule has 3 aromatic heterocycles. The first-order valence-corrected chi connectivity index (χ1v) is 19.3. The Hall–Kier alpha value is -7.28. The van der Waals surface area contributed by atoms with Crippen LogP contribution in [0.25, 0.3) is 71.7 Å². The van der Waals surface area contributed by atoms with E-state index in [0.717, 1.165) is 28.0 Å². The molecule has 10 rings (SSSR count). The van der Waals surface area contributed by atoms with Gasteiger partial charge in [0.15, 0.2) is 0 Å². The topological polar surface area (TPSA) is 87.1 Å². The number of rotatable bonds is 7. The third-order valence-electron chi connectivity index (χ3n) is 10.8. The second kappa shape index (κ2) is 15.5.